The van der Waals surface area contributed by atoms with Crippen molar-refractivity contribution in [2.24, 2.45) is 11.8 Å². The highest BCUT2D eigenvalue weighted by molar-refractivity contribution is 9.10. The Morgan fingerprint density at radius 1 is 1.03 bits per heavy atom. The van der Waals surface area contributed by atoms with Crippen LogP contribution in [0.2, 0.25) is 0 Å². The number of nitrogens with one attached hydrogen (secondary N) is 2. The molecule has 1 saturated carbocycles. The van der Waals surface area contributed by atoms with Crippen LogP contribution in [0.4, 0.5) is 5.69 Å². The number of benzene rings is 2. The third-order valence-electron chi connectivity index (χ3n) is 5.99. The average molecular weight is 471 g/mol. The number of rotatable bonds is 5. The van der Waals surface area contributed by atoms with E-state index in [0.717, 1.165) is 22.3 Å². The van der Waals surface area contributed by atoms with E-state index < -0.39 is 0 Å². The number of hydrogen-bond acceptors (Lipinski definition) is 3. The Kier molecular flexibility index (Phi) is 6.72. The summed E-state index contributed by atoms with van der Waals surface area (Å²) in [6.45, 7) is 1.17. The molecule has 0 radical (unpaired) electrons. The largest absolute Gasteiger partial charge is 0.492 e. The molecule has 0 unspecified atom stereocenters. The maximum atomic E-state index is 12.7. The van der Waals surface area contributed by atoms with Crippen LogP contribution >= 0.6 is 15.9 Å². The molecule has 2 aromatic carbocycles. The third-order valence-corrected chi connectivity index (χ3v) is 6.52. The quantitative estimate of drug-likeness (QED) is 0.649. The van der Waals surface area contributed by atoms with Gasteiger partial charge in [-0.15, -0.1) is 0 Å². The first-order chi connectivity index (χ1) is 14.6. The van der Waals surface area contributed by atoms with E-state index in [4.69, 9.17) is 4.74 Å². The lowest BCUT2D eigenvalue weighted by Crippen LogP contribution is -2.39. The molecule has 1 fully saturated rings. The Bertz CT molecular complexity index is 907. The Labute approximate surface area is 185 Å². The summed E-state index contributed by atoms with van der Waals surface area (Å²) >= 11 is 3.38. The molecule has 1 aliphatic carbocycles. The van der Waals surface area contributed by atoms with Crippen molar-refractivity contribution in [1.82, 2.24) is 5.32 Å². The maximum absolute atomic E-state index is 12.7. The molecule has 1 heterocycles. The second-order valence-corrected chi connectivity index (χ2v) is 9.16. The van der Waals surface area contributed by atoms with Crippen LogP contribution in [0.15, 0.2) is 46.9 Å². The molecule has 1 aliphatic heterocycles. The van der Waals surface area contributed by atoms with Crippen molar-refractivity contribution in [3.8, 4) is 5.75 Å². The van der Waals surface area contributed by atoms with Crippen LogP contribution in [-0.2, 0) is 11.2 Å². The molecule has 2 aliphatic rings. The van der Waals surface area contributed by atoms with E-state index in [2.05, 4.69) is 26.6 Å². The molecule has 0 aromatic heterocycles. The maximum Gasteiger partial charge on any atom is 0.255 e. The highest BCUT2D eigenvalue weighted by Crippen LogP contribution is 2.30. The summed E-state index contributed by atoms with van der Waals surface area (Å²) < 4.78 is 6.76. The van der Waals surface area contributed by atoms with Gasteiger partial charge in [0.1, 0.15) is 12.4 Å². The van der Waals surface area contributed by atoms with Crippen LogP contribution in [0.5, 0.6) is 5.75 Å². The summed E-state index contributed by atoms with van der Waals surface area (Å²) in [5, 5.41) is 6.06. The molecule has 0 bridgehead atoms. The van der Waals surface area contributed by atoms with Crippen molar-refractivity contribution in [1.29, 1.82) is 0 Å². The van der Waals surface area contributed by atoms with Gasteiger partial charge in [-0.2, -0.15) is 0 Å². The van der Waals surface area contributed by atoms with Crippen LogP contribution in [-0.4, -0.2) is 25.0 Å². The molecule has 4 rings (SSSR count). The van der Waals surface area contributed by atoms with E-state index in [1.165, 1.54) is 32.1 Å². The monoisotopic (exact) mass is 470 g/mol. The molecular weight excluding hydrogens is 444 g/mol. The summed E-state index contributed by atoms with van der Waals surface area (Å²) in [4.78, 5) is 25.1. The minimum absolute atomic E-state index is 0.0653. The topological polar surface area (TPSA) is 67.4 Å². The summed E-state index contributed by atoms with van der Waals surface area (Å²) in [6.07, 6.45) is 6.91. The number of ether oxygens (including phenoxy) is 1. The smallest absolute Gasteiger partial charge is 0.255 e. The van der Waals surface area contributed by atoms with Gasteiger partial charge in [0, 0.05) is 22.3 Å². The lowest BCUT2D eigenvalue weighted by Gasteiger charge is -2.27. The fourth-order valence-electron chi connectivity index (χ4n) is 4.23. The zero-order valence-corrected chi connectivity index (χ0v) is 18.5. The van der Waals surface area contributed by atoms with Gasteiger partial charge in [-0.25, -0.2) is 0 Å². The molecule has 2 N–H and O–H groups in total. The number of halogens is 1. The zero-order valence-electron chi connectivity index (χ0n) is 17.0. The highest BCUT2D eigenvalue weighted by atomic mass is 79.9. The molecule has 0 saturated heterocycles. The van der Waals surface area contributed by atoms with Crippen LogP contribution < -0.4 is 15.4 Å². The molecule has 2 amide bonds. The molecule has 0 spiro atoms. The molecule has 6 heteroatoms. The SMILES string of the molecule is O=C(Nc1ccc2c(c1)C[C@H](C(=O)NCC1CCCCC1)CO2)c1ccc(Br)cc1. The molecule has 30 heavy (non-hydrogen) atoms. The lowest BCUT2D eigenvalue weighted by atomic mass is 9.89. The summed E-state index contributed by atoms with van der Waals surface area (Å²) in [5.74, 6) is 1.10. The van der Waals surface area contributed by atoms with Gasteiger partial charge in [0.25, 0.3) is 5.91 Å². The highest BCUT2D eigenvalue weighted by Gasteiger charge is 2.27. The Morgan fingerprint density at radius 3 is 2.57 bits per heavy atom. The van der Waals surface area contributed by atoms with E-state index in [-0.39, 0.29) is 17.7 Å². The van der Waals surface area contributed by atoms with Crippen molar-refractivity contribution in [3.63, 3.8) is 0 Å². The van der Waals surface area contributed by atoms with E-state index in [1.54, 1.807) is 12.1 Å². The van der Waals surface area contributed by atoms with Crippen molar-refractivity contribution in [3.05, 3.63) is 58.1 Å². The zero-order chi connectivity index (χ0) is 20.9. The van der Waals surface area contributed by atoms with Crippen molar-refractivity contribution in [2.45, 2.75) is 38.5 Å². The molecule has 158 valence electrons. The molecule has 5 nitrogen and oxygen atoms in total. The van der Waals surface area contributed by atoms with Crippen molar-refractivity contribution < 1.29 is 14.3 Å². The van der Waals surface area contributed by atoms with Gasteiger partial charge in [-0.3, -0.25) is 9.59 Å². The minimum atomic E-state index is -0.196. The predicted molar refractivity (Wildman–Crippen MR) is 121 cm³/mol. The van der Waals surface area contributed by atoms with Gasteiger partial charge in [-0.05, 0) is 73.2 Å². The average Bonchev–Trinajstić information content (AvgIpc) is 2.78. The van der Waals surface area contributed by atoms with Crippen molar-refractivity contribution >= 4 is 33.4 Å². The fraction of sp³-hybridized carbons (Fsp3) is 0.417. The number of amides is 2. The summed E-state index contributed by atoms with van der Waals surface area (Å²) in [6, 6.07) is 12.8. The number of carbonyl (C=O) groups excluding carboxylic acids is 2. The van der Waals surface area contributed by atoms with E-state index >= 15 is 0 Å². The van der Waals surface area contributed by atoms with E-state index in [1.807, 2.05) is 30.3 Å². The first-order valence-corrected chi connectivity index (χ1v) is 11.5. The number of fused-ring (bicyclic) bond motifs is 1. The predicted octanol–water partition coefficient (Wildman–Crippen LogP) is 4.95. The minimum Gasteiger partial charge on any atom is -0.492 e. The van der Waals surface area contributed by atoms with Gasteiger partial charge in [0.2, 0.25) is 5.91 Å². The fourth-order valence-corrected chi connectivity index (χ4v) is 4.49. The van der Waals surface area contributed by atoms with Crippen LogP contribution in [0.1, 0.15) is 48.0 Å². The van der Waals surface area contributed by atoms with Crippen LogP contribution in [0, 0.1) is 11.8 Å². The van der Waals surface area contributed by atoms with Crippen LogP contribution in [0.3, 0.4) is 0 Å². The molecular formula is C24H27BrN2O3. The van der Waals surface area contributed by atoms with E-state index in [0.29, 0.717) is 30.2 Å². The Morgan fingerprint density at radius 2 is 1.80 bits per heavy atom. The second-order valence-electron chi connectivity index (χ2n) is 8.24. The second kappa shape index (κ2) is 9.65. The number of hydrogen-bond donors (Lipinski definition) is 2. The van der Waals surface area contributed by atoms with Gasteiger partial charge >= 0.3 is 0 Å². The Hall–Kier alpha value is -2.34. The Balaban J connectivity index is 1.36. The van der Waals surface area contributed by atoms with Gasteiger partial charge in [0.05, 0.1) is 5.92 Å². The van der Waals surface area contributed by atoms with Gasteiger partial charge < -0.3 is 15.4 Å². The first-order valence-electron chi connectivity index (χ1n) is 10.7. The standard InChI is InChI=1S/C24H27BrN2O3/c25-20-8-6-17(7-9-20)24(29)27-21-10-11-22-18(13-21)12-19(15-30-22)23(28)26-14-16-4-2-1-3-5-16/h6-11,13,16,19H,1-5,12,14-15H2,(H,26,28)(H,27,29)/t19-/m0/s1. The number of carbonyl (C=O) groups is 2. The summed E-state index contributed by atoms with van der Waals surface area (Å²) in [7, 11) is 0. The van der Waals surface area contributed by atoms with Gasteiger partial charge in [-0.1, -0.05) is 35.2 Å². The number of anilines is 1. The lowest BCUT2D eigenvalue weighted by molar-refractivity contribution is -0.126. The molecule has 1 atom stereocenters. The normalized spacial score (nSPS) is 18.8. The van der Waals surface area contributed by atoms with E-state index in [9.17, 15) is 9.59 Å². The van der Waals surface area contributed by atoms with Crippen molar-refractivity contribution in [2.75, 3.05) is 18.5 Å². The van der Waals surface area contributed by atoms with Crippen LogP contribution in [0.25, 0.3) is 0 Å². The molecule has 2 aromatic rings. The summed E-state index contributed by atoms with van der Waals surface area (Å²) in [5.41, 5.74) is 2.24. The third kappa shape index (κ3) is 5.22. The van der Waals surface area contributed by atoms with Gasteiger partial charge in [0.15, 0.2) is 0 Å². The first kappa shape index (κ1) is 20.9.